The second-order valence-corrected chi connectivity index (χ2v) is 7.14. The van der Waals surface area contributed by atoms with E-state index in [-0.39, 0.29) is 0 Å². The van der Waals surface area contributed by atoms with Crippen LogP contribution in [0.1, 0.15) is 11.5 Å². The molecule has 0 amide bonds. The van der Waals surface area contributed by atoms with E-state index in [1.54, 1.807) is 7.11 Å². The lowest BCUT2D eigenvalue weighted by Gasteiger charge is -2.10. The van der Waals surface area contributed by atoms with Gasteiger partial charge in [0.25, 0.3) is 0 Å². The fourth-order valence-electron chi connectivity index (χ4n) is 3.55. The van der Waals surface area contributed by atoms with Crippen molar-refractivity contribution in [2.24, 2.45) is 15.4 Å². The van der Waals surface area contributed by atoms with E-state index in [1.165, 1.54) is 0 Å². The van der Waals surface area contributed by atoms with Crippen LogP contribution in [-0.2, 0) is 6.54 Å². The second-order valence-electron chi connectivity index (χ2n) is 6.73. The van der Waals surface area contributed by atoms with E-state index in [2.05, 4.69) is 38.2 Å². The Kier molecular flexibility index (Phi) is 4.41. The molecule has 0 unspecified atom stereocenters. The normalized spacial score (nSPS) is 13.2. The first kappa shape index (κ1) is 17.7. The van der Waals surface area contributed by atoms with Gasteiger partial charge < -0.3 is 13.7 Å². The molecular weight excluding hydrogens is 388 g/mol. The summed E-state index contributed by atoms with van der Waals surface area (Å²) in [6, 6.07) is 20.2. The molecule has 3 heterocycles. The van der Waals surface area contributed by atoms with Gasteiger partial charge in [-0.25, -0.2) is 0 Å². The summed E-state index contributed by atoms with van der Waals surface area (Å²) < 4.78 is 13.6. The molecule has 0 saturated carbocycles. The van der Waals surface area contributed by atoms with Crippen molar-refractivity contribution in [3.63, 3.8) is 0 Å². The number of nitrogens with zero attached hydrogens (tertiary/aromatic N) is 4. The molecule has 0 atom stereocenters. The Hall–Kier alpha value is -3.38. The maximum absolute atomic E-state index is 6.43. The molecule has 7 heteroatoms. The SMILES string of the molecule is COc1cc2cc(-c3ccccc3)n(Cc3ccc(C4=NN=NC4)o3)c2cc1Cl. The third kappa shape index (κ3) is 3.21. The quantitative estimate of drug-likeness (QED) is 0.423. The van der Waals surface area contributed by atoms with Gasteiger partial charge >= 0.3 is 0 Å². The van der Waals surface area contributed by atoms with Crippen LogP contribution in [0.25, 0.3) is 22.2 Å². The van der Waals surface area contributed by atoms with E-state index >= 15 is 0 Å². The average molecular weight is 405 g/mol. The van der Waals surface area contributed by atoms with Gasteiger partial charge in [0.2, 0.25) is 0 Å². The van der Waals surface area contributed by atoms with Crippen molar-refractivity contribution in [2.45, 2.75) is 6.54 Å². The number of hydrogen-bond donors (Lipinski definition) is 0. The molecule has 0 bridgehead atoms. The summed E-state index contributed by atoms with van der Waals surface area (Å²) in [4.78, 5) is 0. The lowest BCUT2D eigenvalue weighted by atomic mass is 10.1. The fourth-order valence-corrected chi connectivity index (χ4v) is 3.79. The molecule has 1 aliphatic rings. The highest BCUT2D eigenvalue weighted by Gasteiger charge is 2.17. The van der Waals surface area contributed by atoms with E-state index in [1.807, 2.05) is 42.5 Å². The van der Waals surface area contributed by atoms with Gasteiger partial charge in [-0.3, -0.25) is 0 Å². The van der Waals surface area contributed by atoms with E-state index in [0.717, 1.165) is 33.6 Å². The van der Waals surface area contributed by atoms with Crippen LogP contribution in [0.2, 0.25) is 5.02 Å². The Morgan fingerprint density at radius 1 is 1.10 bits per heavy atom. The number of ether oxygens (including phenoxy) is 1. The smallest absolute Gasteiger partial charge is 0.152 e. The summed E-state index contributed by atoms with van der Waals surface area (Å²) in [6.45, 7) is 1.00. The molecule has 6 nitrogen and oxygen atoms in total. The highest BCUT2D eigenvalue weighted by Crippen LogP contribution is 2.35. The summed E-state index contributed by atoms with van der Waals surface area (Å²) in [5, 5.41) is 13.2. The third-order valence-corrected chi connectivity index (χ3v) is 5.25. The van der Waals surface area contributed by atoms with E-state index in [4.69, 9.17) is 20.8 Å². The summed E-state index contributed by atoms with van der Waals surface area (Å²) in [6.07, 6.45) is 0. The van der Waals surface area contributed by atoms with E-state index in [0.29, 0.717) is 29.6 Å². The van der Waals surface area contributed by atoms with Crippen LogP contribution in [0.5, 0.6) is 5.75 Å². The van der Waals surface area contributed by atoms with Gasteiger partial charge in [0.15, 0.2) is 5.76 Å². The topological polar surface area (TPSA) is 64.4 Å². The molecule has 5 rings (SSSR count). The lowest BCUT2D eigenvalue weighted by molar-refractivity contribution is 0.415. The van der Waals surface area contributed by atoms with E-state index in [9.17, 15) is 0 Å². The molecule has 0 aliphatic carbocycles. The number of rotatable bonds is 5. The van der Waals surface area contributed by atoms with Crippen LogP contribution < -0.4 is 4.74 Å². The molecule has 1 aliphatic heterocycles. The summed E-state index contributed by atoms with van der Waals surface area (Å²) in [5.41, 5.74) is 3.94. The zero-order valence-corrected chi connectivity index (χ0v) is 16.4. The maximum atomic E-state index is 6.43. The summed E-state index contributed by atoms with van der Waals surface area (Å²) in [5.74, 6) is 2.17. The standard InChI is InChI=1S/C22H17ClN4O2/c1-28-22-10-15-9-19(14-5-3-2-4-6-14)27(20(15)11-17(22)23)13-16-7-8-21(29-16)18-12-24-26-25-18/h2-11H,12-13H2,1H3. The van der Waals surface area contributed by atoms with Gasteiger partial charge in [-0.1, -0.05) is 41.9 Å². The van der Waals surface area contributed by atoms with Crippen LogP contribution in [0.4, 0.5) is 0 Å². The van der Waals surface area contributed by atoms with Gasteiger partial charge in [-0.05, 0) is 41.1 Å². The van der Waals surface area contributed by atoms with Crippen LogP contribution in [0.3, 0.4) is 0 Å². The van der Waals surface area contributed by atoms with Gasteiger partial charge in [0.1, 0.15) is 23.8 Å². The molecule has 0 fully saturated rings. The number of hydrogen-bond acceptors (Lipinski definition) is 5. The van der Waals surface area contributed by atoms with Gasteiger partial charge in [-0.2, -0.15) is 5.11 Å². The Balaban J connectivity index is 1.62. The zero-order valence-electron chi connectivity index (χ0n) is 15.7. The lowest BCUT2D eigenvalue weighted by Crippen LogP contribution is -2.02. The Morgan fingerprint density at radius 2 is 1.97 bits per heavy atom. The number of methoxy groups -OCH3 is 1. The molecule has 144 valence electrons. The number of aromatic nitrogens is 1. The largest absolute Gasteiger partial charge is 0.495 e. The molecule has 0 N–H and O–H groups in total. The Morgan fingerprint density at radius 3 is 2.72 bits per heavy atom. The molecule has 0 spiro atoms. The number of fused-ring (bicyclic) bond motifs is 1. The van der Waals surface area contributed by atoms with Gasteiger partial charge in [0.05, 0.1) is 24.2 Å². The van der Waals surface area contributed by atoms with Crippen LogP contribution in [0.15, 0.2) is 80.5 Å². The number of benzene rings is 2. The predicted octanol–water partition coefficient (Wildman–Crippen LogP) is 5.78. The fraction of sp³-hybridized carbons (Fsp3) is 0.136. The molecule has 29 heavy (non-hydrogen) atoms. The van der Waals surface area contributed by atoms with Crippen molar-refractivity contribution in [1.82, 2.24) is 4.57 Å². The van der Waals surface area contributed by atoms with Crippen molar-refractivity contribution in [2.75, 3.05) is 13.7 Å². The minimum atomic E-state index is 0.448. The van der Waals surface area contributed by atoms with Crippen molar-refractivity contribution in [3.05, 3.63) is 77.2 Å². The molecular formula is C22H17ClN4O2. The summed E-state index contributed by atoms with van der Waals surface area (Å²) in [7, 11) is 1.62. The van der Waals surface area contributed by atoms with E-state index < -0.39 is 0 Å². The first-order chi connectivity index (χ1) is 14.2. The number of halogens is 1. The second kappa shape index (κ2) is 7.22. The minimum absolute atomic E-state index is 0.448. The van der Waals surface area contributed by atoms with Crippen molar-refractivity contribution >= 4 is 28.2 Å². The molecule has 4 aromatic rings. The molecule has 0 saturated heterocycles. The Bertz CT molecular complexity index is 1250. The monoisotopic (exact) mass is 404 g/mol. The van der Waals surface area contributed by atoms with Crippen LogP contribution >= 0.6 is 11.6 Å². The minimum Gasteiger partial charge on any atom is -0.495 e. The highest BCUT2D eigenvalue weighted by molar-refractivity contribution is 6.32. The first-order valence-electron chi connectivity index (χ1n) is 9.17. The van der Waals surface area contributed by atoms with Crippen molar-refractivity contribution < 1.29 is 9.15 Å². The van der Waals surface area contributed by atoms with Crippen LogP contribution in [0, 0.1) is 0 Å². The average Bonchev–Trinajstić information content (AvgIpc) is 3.49. The van der Waals surface area contributed by atoms with Gasteiger partial charge in [-0.15, -0.1) is 5.10 Å². The van der Waals surface area contributed by atoms with Gasteiger partial charge in [0, 0.05) is 11.1 Å². The third-order valence-electron chi connectivity index (χ3n) is 4.95. The number of furan rings is 1. The predicted molar refractivity (Wildman–Crippen MR) is 113 cm³/mol. The summed E-state index contributed by atoms with van der Waals surface area (Å²) >= 11 is 6.43. The van der Waals surface area contributed by atoms with Crippen LogP contribution in [-0.4, -0.2) is 23.9 Å². The van der Waals surface area contributed by atoms with Crippen molar-refractivity contribution in [3.8, 4) is 17.0 Å². The zero-order chi connectivity index (χ0) is 19.8. The van der Waals surface area contributed by atoms with Crippen molar-refractivity contribution in [1.29, 1.82) is 0 Å². The highest BCUT2D eigenvalue weighted by atomic mass is 35.5. The molecule has 2 aromatic carbocycles. The first-order valence-corrected chi connectivity index (χ1v) is 9.55. The molecule has 2 aromatic heterocycles. The Labute approximate surface area is 172 Å². The molecule has 0 radical (unpaired) electrons. The maximum Gasteiger partial charge on any atom is 0.152 e.